The summed E-state index contributed by atoms with van der Waals surface area (Å²) in [5.41, 5.74) is 2.43. The number of carboxylic acids is 1. The molecule has 7 heteroatoms. The molecule has 4 aromatic rings. The molecule has 2 amide bonds. The number of hydrogen-bond acceptors (Lipinski definition) is 4. The second-order valence-corrected chi connectivity index (χ2v) is 8.69. The lowest BCUT2D eigenvalue weighted by Gasteiger charge is -2.22. The summed E-state index contributed by atoms with van der Waals surface area (Å²) in [6.07, 6.45) is -0.493. The first kappa shape index (κ1) is 25.4. The number of amides is 2. The second kappa shape index (κ2) is 12.4. The van der Waals surface area contributed by atoms with Gasteiger partial charge < -0.3 is 20.5 Å². The van der Waals surface area contributed by atoms with Crippen LogP contribution in [0.5, 0.6) is 0 Å². The second-order valence-electron chi connectivity index (χ2n) is 8.69. The molecule has 0 bridgehead atoms. The Labute approximate surface area is 215 Å². The van der Waals surface area contributed by atoms with Crippen LogP contribution in [0, 0.1) is 0 Å². The van der Waals surface area contributed by atoms with Gasteiger partial charge in [-0.05, 0) is 27.5 Å². The van der Waals surface area contributed by atoms with E-state index in [1.54, 1.807) is 0 Å². The van der Waals surface area contributed by atoms with Crippen LogP contribution in [0.4, 0.5) is 4.79 Å². The normalized spacial score (nSPS) is 12.3. The average molecular weight is 497 g/mol. The van der Waals surface area contributed by atoms with Crippen molar-refractivity contribution < 1.29 is 24.2 Å². The van der Waals surface area contributed by atoms with E-state index >= 15 is 0 Å². The maximum atomic E-state index is 13.3. The molecule has 7 nitrogen and oxygen atoms in total. The Kier molecular flexibility index (Phi) is 8.49. The average Bonchev–Trinajstić information content (AvgIpc) is 2.92. The number of carbonyl (C=O) groups is 3. The molecule has 0 saturated heterocycles. The van der Waals surface area contributed by atoms with Crippen LogP contribution in [0.25, 0.3) is 10.8 Å². The Morgan fingerprint density at radius 2 is 1.30 bits per heavy atom. The molecule has 3 N–H and O–H groups in total. The first-order valence-electron chi connectivity index (χ1n) is 12.0. The topological polar surface area (TPSA) is 105 Å². The van der Waals surface area contributed by atoms with Crippen LogP contribution in [0.3, 0.4) is 0 Å². The summed E-state index contributed by atoms with van der Waals surface area (Å²) in [6.45, 7) is 0.0468. The minimum atomic E-state index is -1.18. The van der Waals surface area contributed by atoms with E-state index < -0.39 is 30.1 Å². The van der Waals surface area contributed by atoms with Crippen molar-refractivity contribution in [2.45, 2.75) is 31.5 Å². The molecule has 4 aromatic carbocycles. The van der Waals surface area contributed by atoms with Crippen LogP contribution >= 0.6 is 0 Å². The van der Waals surface area contributed by atoms with Gasteiger partial charge in [0.25, 0.3) is 0 Å². The van der Waals surface area contributed by atoms with E-state index in [-0.39, 0.29) is 19.4 Å². The van der Waals surface area contributed by atoms with Crippen molar-refractivity contribution in [3.8, 4) is 0 Å². The van der Waals surface area contributed by atoms with Gasteiger partial charge in [-0.1, -0.05) is 103 Å². The summed E-state index contributed by atoms with van der Waals surface area (Å²) >= 11 is 0. The van der Waals surface area contributed by atoms with Crippen molar-refractivity contribution in [2.75, 3.05) is 0 Å². The summed E-state index contributed by atoms with van der Waals surface area (Å²) in [5.74, 6) is -1.76. The van der Waals surface area contributed by atoms with Crippen molar-refractivity contribution in [1.82, 2.24) is 10.6 Å². The van der Waals surface area contributed by atoms with Gasteiger partial charge in [-0.15, -0.1) is 0 Å². The Morgan fingerprint density at radius 1 is 0.676 bits per heavy atom. The molecule has 0 radical (unpaired) electrons. The molecular formula is C30H28N2O5. The van der Waals surface area contributed by atoms with Crippen LogP contribution in [-0.4, -0.2) is 35.2 Å². The summed E-state index contributed by atoms with van der Waals surface area (Å²) in [6, 6.07) is 29.5. The van der Waals surface area contributed by atoms with E-state index in [1.165, 1.54) is 0 Å². The fourth-order valence-electron chi connectivity index (χ4n) is 4.13. The van der Waals surface area contributed by atoms with E-state index in [1.807, 2.05) is 103 Å². The predicted molar refractivity (Wildman–Crippen MR) is 141 cm³/mol. The van der Waals surface area contributed by atoms with Crippen molar-refractivity contribution in [3.63, 3.8) is 0 Å². The van der Waals surface area contributed by atoms with Crippen LogP contribution < -0.4 is 10.6 Å². The van der Waals surface area contributed by atoms with Crippen molar-refractivity contribution in [2.24, 2.45) is 0 Å². The lowest BCUT2D eigenvalue weighted by atomic mass is 9.98. The molecule has 0 aliphatic rings. The van der Waals surface area contributed by atoms with Crippen molar-refractivity contribution in [1.29, 1.82) is 0 Å². The van der Waals surface area contributed by atoms with E-state index in [0.29, 0.717) is 0 Å². The smallest absolute Gasteiger partial charge is 0.408 e. The molecule has 0 aliphatic carbocycles. The highest BCUT2D eigenvalue weighted by Crippen LogP contribution is 2.20. The monoisotopic (exact) mass is 496 g/mol. The summed E-state index contributed by atoms with van der Waals surface area (Å²) in [5, 5.41) is 17.0. The maximum absolute atomic E-state index is 13.3. The molecule has 0 aliphatic heterocycles. The Balaban J connectivity index is 1.48. The van der Waals surface area contributed by atoms with E-state index in [0.717, 1.165) is 27.5 Å². The van der Waals surface area contributed by atoms with Gasteiger partial charge in [0.1, 0.15) is 18.7 Å². The largest absolute Gasteiger partial charge is 0.480 e. The van der Waals surface area contributed by atoms with Gasteiger partial charge in [-0.25, -0.2) is 9.59 Å². The number of fused-ring (bicyclic) bond motifs is 1. The van der Waals surface area contributed by atoms with Gasteiger partial charge in [-0.2, -0.15) is 0 Å². The Hall–Kier alpha value is -4.65. The molecule has 0 aromatic heterocycles. The quantitative estimate of drug-likeness (QED) is 0.300. The molecule has 37 heavy (non-hydrogen) atoms. The molecule has 0 unspecified atom stereocenters. The van der Waals surface area contributed by atoms with Crippen molar-refractivity contribution >= 4 is 28.7 Å². The number of benzene rings is 4. The first-order chi connectivity index (χ1) is 18.0. The number of nitrogens with one attached hydrogen (secondary N) is 2. The third-order valence-corrected chi connectivity index (χ3v) is 6.02. The number of hydrogen-bond donors (Lipinski definition) is 3. The van der Waals surface area contributed by atoms with Crippen LogP contribution in [-0.2, 0) is 33.8 Å². The van der Waals surface area contributed by atoms with Crippen LogP contribution in [0.1, 0.15) is 16.7 Å². The summed E-state index contributed by atoms with van der Waals surface area (Å²) < 4.78 is 5.30. The molecule has 188 valence electrons. The number of carboxylic acid groups (broad SMARTS) is 1. The fourth-order valence-corrected chi connectivity index (χ4v) is 4.13. The molecule has 2 atom stereocenters. The van der Waals surface area contributed by atoms with E-state index in [9.17, 15) is 19.5 Å². The van der Waals surface area contributed by atoms with Gasteiger partial charge in [0, 0.05) is 12.8 Å². The van der Waals surface area contributed by atoms with Gasteiger partial charge in [0.05, 0.1) is 0 Å². The lowest BCUT2D eigenvalue weighted by molar-refractivity contribution is -0.142. The fraction of sp³-hybridized carbons (Fsp3) is 0.167. The van der Waals surface area contributed by atoms with Gasteiger partial charge >= 0.3 is 12.1 Å². The standard InChI is InChI=1S/C30H28N2O5/c33-28(31-27(29(34)35)19-24-16-9-15-23-14-7-8-17-25(23)24)26(18-21-10-3-1-4-11-21)32-30(36)37-20-22-12-5-2-6-13-22/h1-17,26-27H,18-20H2,(H,31,33)(H,32,36)(H,34,35)/t26-,27+/m1/s1. The highest BCUT2D eigenvalue weighted by atomic mass is 16.5. The SMILES string of the molecule is O=C(N[C@H](Cc1ccccc1)C(=O)N[C@@H](Cc1cccc2ccccc12)C(=O)O)OCc1ccccc1. The highest BCUT2D eigenvalue weighted by molar-refractivity contribution is 5.90. The number of carbonyl (C=O) groups excluding carboxylic acids is 2. The predicted octanol–water partition coefficient (Wildman–Crippen LogP) is 4.49. The Bertz CT molecular complexity index is 1350. The third kappa shape index (κ3) is 7.18. The highest BCUT2D eigenvalue weighted by Gasteiger charge is 2.28. The minimum Gasteiger partial charge on any atom is -0.480 e. The molecule has 4 rings (SSSR count). The third-order valence-electron chi connectivity index (χ3n) is 6.02. The molecule has 0 saturated carbocycles. The lowest BCUT2D eigenvalue weighted by Crippen LogP contribution is -2.53. The Morgan fingerprint density at radius 3 is 2.00 bits per heavy atom. The van der Waals surface area contributed by atoms with Gasteiger partial charge in [0.2, 0.25) is 5.91 Å². The minimum absolute atomic E-state index is 0.0468. The molecular weight excluding hydrogens is 468 g/mol. The summed E-state index contributed by atoms with van der Waals surface area (Å²) in [7, 11) is 0. The van der Waals surface area contributed by atoms with E-state index in [2.05, 4.69) is 10.6 Å². The zero-order valence-corrected chi connectivity index (χ0v) is 20.2. The zero-order valence-electron chi connectivity index (χ0n) is 20.2. The first-order valence-corrected chi connectivity index (χ1v) is 12.0. The number of alkyl carbamates (subject to hydrolysis) is 1. The number of ether oxygens (including phenoxy) is 1. The van der Waals surface area contributed by atoms with Gasteiger partial charge in [-0.3, -0.25) is 4.79 Å². The summed E-state index contributed by atoms with van der Waals surface area (Å²) in [4.78, 5) is 37.9. The molecule has 0 spiro atoms. The maximum Gasteiger partial charge on any atom is 0.408 e. The zero-order chi connectivity index (χ0) is 26.0. The number of aliphatic carboxylic acids is 1. The van der Waals surface area contributed by atoms with Crippen LogP contribution in [0.2, 0.25) is 0 Å². The number of rotatable bonds is 10. The van der Waals surface area contributed by atoms with E-state index in [4.69, 9.17) is 4.74 Å². The molecule has 0 heterocycles. The van der Waals surface area contributed by atoms with Gasteiger partial charge in [0.15, 0.2) is 0 Å². The van der Waals surface area contributed by atoms with Crippen molar-refractivity contribution in [3.05, 3.63) is 120 Å². The van der Waals surface area contributed by atoms with Crippen LogP contribution in [0.15, 0.2) is 103 Å². The molecule has 0 fully saturated rings.